The number of allylic oxidation sites excluding steroid dienone is 1. The Hall–Kier alpha value is -0.970. The Bertz CT molecular complexity index is 390. The Morgan fingerprint density at radius 2 is 2.07 bits per heavy atom. The van der Waals surface area contributed by atoms with Crippen LogP contribution in [0.1, 0.15) is 18.7 Å². The number of hydrogen-bond acceptors (Lipinski definition) is 4. The van der Waals surface area contributed by atoms with E-state index < -0.39 is 0 Å². The van der Waals surface area contributed by atoms with Gasteiger partial charge in [-0.1, -0.05) is 42.1 Å². The van der Waals surface area contributed by atoms with Crippen molar-refractivity contribution in [2.45, 2.75) is 18.6 Å². The highest BCUT2D eigenvalue weighted by Gasteiger charge is 2.34. The fourth-order valence-electron chi connectivity index (χ4n) is 1.88. The molecule has 2 N–H and O–H groups in total. The molecule has 2 unspecified atom stereocenters. The first kappa shape index (κ1) is 9.27. The molecule has 15 heavy (non-hydrogen) atoms. The van der Waals surface area contributed by atoms with Crippen molar-refractivity contribution in [3.63, 3.8) is 0 Å². The molecule has 2 aliphatic rings. The van der Waals surface area contributed by atoms with Gasteiger partial charge in [0.05, 0.1) is 0 Å². The molecule has 3 rings (SSSR count). The summed E-state index contributed by atoms with van der Waals surface area (Å²) >= 11 is 1.81. The maximum absolute atomic E-state index is 3.53. The molecule has 1 fully saturated rings. The minimum absolute atomic E-state index is 0.229. The van der Waals surface area contributed by atoms with Crippen LogP contribution in [0.4, 0.5) is 0 Å². The van der Waals surface area contributed by atoms with E-state index in [4.69, 9.17) is 0 Å². The molecule has 0 amide bonds. The number of fused-ring (bicyclic) bond motifs is 1. The van der Waals surface area contributed by atoms with Gasteiger partial charge >= 0.3 is 0 Å². The van der Waals surface area contributed by atoms with Gasteiger partial charge in [-0.05, 0) is 17.9 Å². The quantitative estimate of drug-likeness (QED) is 0.755. The van der Waals surface area contributed by atoms with Gasteiger partial charge in [-0.25, -0.2) is 5.43 Å². The van der Waals surface area contributed by atoms with Crippen molar-refractivity contribution >= 4 is 11.8 Å². The van der Waals surface area contributed by atoms with Crippen molar-refractivity contribution in [3.05, 3.63) is 47.0 Å². The van der Waals surface area contributed by atoms with Crippen LogP contribution in [0.5, 0.6) is 0 Å². The molecule has 1 aromatic carbocycles. The first-order valence-electron chi connectivity index (χ1n) is 5.03. The Morgan fingerprint density at radius 3 is 2.80 bits per heavy atom. The van der Waals surface area contributed by atoms with Gasteiger partial charge in [0.1, 0.15) is 11.7 Å². The SMILES string of the molecule is CC1=CSC2NC(c3ccccc3)NN12. The standard InChI is InChI=1S/C11H13N3S/c1-8-7-15-11-12-10(13-14(8)11)9-5-3-2-4-6-9/h2-7,10-13H,1H3. The summed E-state index contributed by atoms with van der Waals surface area (Å²) in [5, 5.41) is 7.88. The van der Waals surface area contributed by atoms with E-state index in [-0.39, 0.29) is 6.17 Å². The van der Waals surface area contributed by atoms with Crippen molar-refractivity contribution in [3.8, 4) is 0 Å². The molecule has 2 heterocycles. The van der Waals surface area contributed by atoms with Crippen LogP contribution in [0.25, 0.3) is 0 Å². The third-order valence-electron chi connectivity index (χ3n) is 2.69. The number of hydrogen-bond donors (Lipinski definition) is 2. The summed E-state index contributed by atoms with van der Waals surface area (Å²) in [4.78, 5) is 0. The largest absolute Gasteiger partial charge is 0.283 e. The van der Waals surface area contributed by atoms with Crippen LogP contribution < -0.4 is 10.7 Å². The highest BCUT2D eigenvalue weighted by Crippen LogP contribution is 2.33. The maximum atomic E-state index is 3.53. The molecule has 0 radical (unpaired) electrons. The van der Waals surface area contributed by atoms with Crippen molar-refractivity contribution < 1.29 is 0 Å². The average Bonchev–Trinajstić information content (AvgIpc) is 2.83. The van der Waals surface area contributed by atoms with Gasteiger partial charge in [-0.2, -0.15) is 0 Å². The van der Waals surface area contributed by atoms with Crippen LogP contribution in [0, 0.1) is 0 Å². The average molecular weight is 219 g/mol. The minimum Gasteiger partial charge on any atom is -0.283 e. The summed E-state index contributed by atoms with van der Waals surface area (Å²) in [7, 11) is 0. The van der Waals surface area contributed by atoms with Crippen LogP contribution in [-0.4, -0.2) is 10.5 Å². The fraction of sp³-hybridized carbons (Fsp3) is 0.273. The Balaban J connectivity index is 1.80. The van der Waals surface area contributed by atoms with Gasteiger partial charge in [0.2, 0.25) is 0 Å². The lowest BCUT2D eigenvalue weighted by atomic mass is 10.2. The van der Waals surface area contributed by atoms with E-state index in [1.807, 2.05) is 17.8 Å². The zero-order chi connectivity index (χ0) is 10.3. The molecule has 2 aliphatic heterocycles. The van der Waals surface area contributed by atoms with Gasteiger partial charge in [-0.15, -0.1) is 0 Å². The molecule has 0 saturated carbocycles. The van der Waals surface area contributed by atoms with Crippen LogP contribution in [-0.2, 0) is 0 Å². The smallest absolute Gasteiger partial charge is 0.147 e. The number of rotatable bonds is 1. The number of hydrazine groups is 1. The van der Waals surface area contributed by atoms with E-state index in [1.165, 1.54) is 11.3 Å². The Labute approximate surface area is 93.5 Å². The summed E-state index contributed by atoms with van der Waals surface area (Å²) in [6, 6.07) is 10.4. The van der Waals surface area contributed by atoms with Crippen molar-refractivity contribution in [1.29, 1.82) is 0 Å². The Morgan fingerprint density at radius 1 is 1.27 bits per heavy atom. The molecule has 0 bridgehead atoms. The highest BCUT2D eigenvalue weighted by atomic mass is 32.2. The second kappa shape index (κ2) is 3.56. The molecule has 78 valence electrons. The Kier molecular flexibility index (Phi) is 2.20. The lowest BCUT2D eigenvalue weighted by Gasteiger charge is -2.17. The van der Waals surface area contributed by atoms with Crippen LogP contribution in [0.15, 0.2) is 41.4 Å². The van der Waals surface area contributed by atoms with Gasteiger partial charge in [-0.3, -0.25) is 10.3 Å². The number of thioether (sulfide) groups is 1. The summed E-state index contributed by atoms with van der Waals surface area (Å²) in [5.41, 5.74) is 6.35. The molecule has 0 aromatic heterocycles. The van der Waals surface area contributed by atoms with E-state index in [1.54, 1.807) is 0 Å². The summed E-state index contributed by atoms with van der Waals surface area (Å²) in [6.45, 7) is 2.12. The summed E-state index contributed by atoms with van der Waals surface area (Å²) in [6.07, 6.45) is 0.229. The van der Waals surface area contributed by atoms with Gasteiger partial charge in [0.15, 0.2) is 0 Å². The minimum atomic E-state index is 0.229. The van der Waals surface area contributed by atoms with E-state index >= 15 is 0 Å². The normalized spacial score (nSPS) is 29.1. The van der Waals surface area contributed by atoms with Gasteiger partial charge in [0.25, 0.3) is 0 Å². The molecule has 4 heteroatoms. The molecule has 0 aliphatic carbocycles. The fourth-order valence-corrected chi connectivity index (χ4v) is 2.89. The van der Waals surface area contributed by atoms with Crippen LogP contribution >= 0.6 is 11.8 Å². The second-order valence-electron chi connectivity index (χ2n) is 3.76. The lowest BCUT2D eigenvalue weighted by molar-refractivity contribution is 0.293. The topological polar surface area (TPSA) is 27.3 Å². The summed E-state index contributed by atoms with van der Waals surface area (Å²) < 4.78 is 0. The third-order valence-corrected chi connectivity index (χ3v) is 3.77. The van der Waals surface area contributed by atoms with E-state index in [0.29, 0.717) is 5.50 Å². The molecular weight excluding hydrogens is 206 g/mol. The molecule has 2 atom stereocenters. The van der Waals surface area contributed by atoms with Crippen molar-refractivity contribution in [2.24, 2.45) is 0 Å². The van der Waals surface area contributed by atoms with Gasteiger partial charge in [0, 0.05) is 5.70 Å². The van der Waals surface area contributed by atoms with Crippen molar-refractivity contribution in [1.82, 2.24) is 15.8 Å². The highest BCUT2D eigenvalue weighted by molar-refractivity contribution is 8.02. The zero-order valence-corrected chi connectivity index (χ0v) is 9.29. The monoisotopic (exact) mass is 219 g/mol. The predicted molar refractivity (Wildman–Crippen MR) is 62.4 cm³/mol. The van der Waals surface area contributed by atoms with Crippen LogP contribution in [0.3, 0.4) is 0 Å². The number of nitrogens with zero attached hydrogens (tertiary/aromatic N) is 1. The first-order chi connectivity index (χ1) is 7.34. The molecular formula is C11H13N3S. The second-order valence-corrected chi connectivity index (χ2v) is 4.71. The third kappa shape index (κ3) is 1.55. The molecule has 1 aromatic rings. The molecule has 0 spiro atoms. The summed E-state index contributed by atoms with van der Waals surface area (Å²) in [5.74, 6) is 0. The van der Waals surface area contributed by atoms with Crippen molar-refractivity contribution in [2.75, 3.05) is 0 Å². The van der Waals surface area contributed by atoms with Gasteiger partial charge < -0.3 is 0 Å². The molecule has 3 nitrogen and oxygen atoms in total. The first-order valence-corrected chi connectivity index (χ1v) is 5.97. The molecule has 1 saturated heterocycles. The van der Waals surface area contributed by atoms with E-state index in [0.717, 1.165) is 0 Å². The van der Waals surface area contributed by atoms with E-state index in [9.17, 15) is 0 Å². The lowest BCUT2D eigenvalue weighted by Crippen LogP contribution is -2.32. The number of nitrogens with one attached hydrogen (secondary N) is 2. The zero-order valence-electron chi connectivity index (χ0n) is 8.47. The van der Waals surface area contributed by atoms with Crippen LogP contribution in [0.2, 0.25) is 0 Å². The van der Waals surface area contributed by atoms with E-state index in [2.05, 4.69) is 52.3 Å². The number of benzene rings is 1. The predicted octanol–water partition coefficient (Wildman–Crippen LogP) is 1.99. The maximum Gasteiger partial charge on any atom is 0.147 e.